The van der Waals surface area contributed by atoms with Crippen LogP contribution in [0.4, 0.5) is 0 Å². The smallest absolute Gasteiger partial charge is 0.244 e. The number of hydrogen-bond donors (Lipinski definition) is 1. The van der Waals surface area contributed by atoms with E-state index in [1.165, 1.54) is 0 Å². The number of hydrogen-bond acceptors (Lipinski definition) is 3. The third kappa shape index (κ3) is 1.86. The number of nitrogens with one attached hydrogen (secondary N) is 1. The van der Waals surface area contributed by atoms with Gasteiger partial charge in [0.25, 0.3) is 0 Å². The lowest BCUT2D eigenvalue weighted by molar-refractivity contribution is -0.135. The molecule has 4 nitrogen and oxygen atoms in total. The van der Waals surface area contributed by atoms with E-state index in [1.54, 1.807) is 0 Å². The predicted molar refractivity (Wildman–Crippen MR) is 69.0 cm³/mol. The second-order valence-electron chi connectivity index (χ2n) is 6.75. The van der Waals surface area contributed by atoms with Gasteiger partial charge in [-0.05, 0) is 38.5 Å². The van der Waals surface area contributed by atoms with Gasteiger partial charge in [0.05, 0.1) is 23.9 Å². The molecule has 0 aromatic rings. The molecule has 1 saturated carbocycles. The van der Waals surface area contributed by atoms with Gasteiger partial charge in [0.2, 0.25) is 5.91 Å². The van der Waals surface area contributed by atoms with Crippen molar-refractivity contribution in [2.75, 3.05) is 13.2 Å². The lowest BCUT2D eigenvalue weighted by atomic mass is 10.0. The zero-order valence-electron chi connectivity index (χ0n) is 11.7. The maximum absolute atomic E-state index is 12.5. The van der Waals surface area contributed by atoms with Gasteiger partial charge in [-0.3, -0.25) is 10.1 Å². The van der Waals surface area contributed by atoms with Crippen molar-refractivity contribution in [3.05, 3.63) is 0 Å². The van der Waals surface area contributed by atoms with E-state index in [9.17, 15) is 4.79 Å². The second kappa shape index (κ2) is 3.94. The Balaban J connectivity index is 1.77. The molecule has 4 heteroatoms. The predicted octanol–water partition coefficient (Wildman–Crippen LogP) is 1.50. The lowest BCUT2D eigenvalue weighted by Crippen LogP contribution is -2.48. The summed E-state index contributed by atoms with van der Waals surface area (Å²) in [5.74, 6) is 0.747. The number of carbonyl (C=O) groups excluding carboxylic acids is 1. The first-order valence-electron chi connectivity index (χ1n) is 7.19. The van der Waals surface area contributed by atoms with Crippen LogP contribution in [0.3, 0.4) is 0 Å². The number of rotatable bonds is 3. The molecule has 2 heterocycles. The van der Waals surface area contributed by atoms with E-state index >= 15 is 0 Å². The molecule has 3 rings (SSSR count). The van der Waals surface area contributed by atoms with Crippen LogP contribution in [0.2, 0.25) is 0 Å². The van der Waals surface area contributed by atoms with Gasteiger partial charge in [-0.2, -0.15) is 0 Å². The summed E-state index contributed by atoms with van der Waals surface area (Å²) in [4.78, 5) is 14.6. The van der Waals surface area contributed by atoms with Crippen LogP contribution in [0.25, 0.3) is 0 Å². The van der Waals surface area contributed by atoms with E-state index in [1.807, 2.05) is 4.90 Å². The summed E-state index contributed by atoms with van der Waals surface area (Å²) in [6.07, 6.45) is 4.37. The summed E-state index contributed by atoms with van der Waals surface area (Å²) >= 11 is 0. The van der Waals surface area contributed by atoms with E-state index in [-0.39, 0.29) is 17.3 Å². The minimum atomic E-state index is -0.204. The molecule has 0 aromatic heterocycles. The zero-order chi connectivity index (χ0) is 13.0. The van der Waals surface area contributed by atoms with Gasteiger partial charge in [-0.25, -0.2) is 0 Å². The van der Waals surface area contributed by atoms with Crippen LogP contribution in [0.5, 0.6) is 0 Å². The minimum Gasteiger partial charge on any atom is -0.373 e. The maximum Gasteiger partial charge on any atom is 0.244 e. The third-order valence-corrected chi connectivity index (χ3v) is 4.62. The number of nitrogens with zero attached hydrogens (tertiary/aromatic N) is 1. The van der Waals surface area contributed by atoms with Gasteiger partial charge in [0.1, 0.15) is 0 Å². The van der Waals surface area contributed by atoms with Crippen molar-refractivity contribution in [1.82, 2.24) is 10.2 Å². The number of amides is 1. The first-order chi connectivity index (χ1) is 8.46. The highest BCUT2D eigenvalue weighted by atomic mass is 16.5. The lowest BCUT2D eigenvalue weighted by Gasteiger charge is -2.34. The van der Waals surface area contributed by atoms with E-state index in [0.29, 0.717) is 11.8 Å². The number of ether oxygens (including phenoxy) is 1. The molecule has 102 valence electrons. The van der Waals surface area contributed by atoms with Gasteiger partial charge in [-0.1, -0.05) is 13.8 Å². The summed E-state index contributed by atoms with van der Waals surface area (Å²) < 4.78 is 5.85. The molecule has 1 amide bonds. The average molecular weight is 252 g/mol. The maximum atomic E-state index is 12.5. The van der Waals surface area contributed by atoms with E-state index in [0.717, 1.165) is 38.8 Å². The molecule has 18 heavy (non-hydrogen) atoms. The summed E-state index contributed by atoms with van der Waals surface area (Å²) in [6, 6.07) is 0. The molecule has 1 spiro atoms. The molecule has 3 aliphatic rings. The van der Waals surface area contributed by atoms with Crippen LogP contribution < -0.4 is 5.32 Å². The Labute approximate surface area is 109 Å². The standard InChI is InChI=1S/C14H24N2O2/c1-10(2)11-15-14(6-7-14)12(17)16(11)9-13(3)5-4-8-18-13/h10-11,15H,4-9H2,1-3H3. The SMILES string of the molecule is CC(C)C1NC2(CC2)C(=O)N1CC1(C)CCCO1. The van der Waals surface area contributed by atoms with Crippen molar-refractivity contribution in [3.63, 3.8) is 0 Å². The number of carbonyl (C=O) groups is 1. The topological polar surface area (TPSA) is 41.6 Å². The molecule has 1 aliphatic carbocycles. The molecule has 2 unspecified atom stereocenters. The monoisotopic (exact) mass is 252 g/mol. The van der Waals surface area contributed by atoms with Crippen molar-refractivity contribution in [2.45, 2.75) is 63.8 Å². The van der Waals surface area contributed by atoms with Crippen molar-refractivity contribution in [1.29, 1.82) is 0 Å². The Morgan fingerprint density at radius 1 is 1.44 bits per heavy atom. The van der Waals surface area contributed by atoms with Gasteiger partial charge in [-0.15, -0.1) is 0 Å². The minimum absolute atomic E-state index is 0.134. The fourth-order valence-electron chi connectivity index (χ4n) is 3.33. The van der Waals surface area contributed by atoms with Crippen molar-refractivity contribution in [2.24, 2.45) is 5.92 Å². The van der Waals surface area contributed by atoms with Crippen LogP contribution in [0.1, 0.15) is 46.5 Å². The zero-order valence-corrected chi connectivity index (χ0v) is 11.7. The quantitative estimate of drug-likeness (QED) is 0.827. The summed E-state index contributed by atoms with van der Waals surface area (Å²) in [6.45, 7) is 8.07. The Morgan fingerprint density at radius 2 is 2.17 bits per heavy atom. The first-order valence-corrected chi connectivity index (χ1v) is 7.19. The molecular weight excluding hydrogens is 228 g/mol. The third-order valence-electron chi connectivity index (χ3n) is 4.62. The Morgan fingerprint density at radius 3 is 2.67 bits per heavy atom. The van der Waals surface area contributed by atoms with Crippen LogP contribution >= 0.6 is 0 Å². The van der Waals surface area contributed by atoms with Gasteiger partial charge < -0.3 is 9.64 Å². The Hall–Kier alpha value is -0.610. The van der Waals surface area contributed by atoms with Crippen LogP contribution in [-0.2, 0) is 9.53 Å². The van der Waals surface area contributed by atoms with Crippen molar-refractivity contribution < 1.29 is 9.53 Å². The summed E-state index contributed by atoms with van der Waals surface area (Å²) in [7, 11) is 0. The second-order valence-corrected chi connectivity index (χ2v) is 6.75. The van der Waals surface area contributed by atoms with Crippen molar-refractivity contribution in [3.8, 4) is 0 Å². The van der Waals surface area contributed by atoms with Crippen LogP contribution in [0.15, 0.2) is 0 Å². The molecule has 1 N–H and O–H groups in total. The average Bonchev–Trinajstić information content (AvgIpc) is 2.90. The summed E-state index contributed by atoms with van der Waals surface area (Å²) in [5.41, 5.74) is -0.338. The molecule has 0 aromatic carbocycles. The Kier molecular flexibility index (Phi) is 2.72. The fraction of sp³-hybridized carbons (Fsp3) is 0.929. The van der Waals surface area contributed by atoms with Crippen LogP contribution in [0, 0.1) is 5.92 Å². The molecular formula is C14H24N2O2. The fourth-order valence-corrected chi connectivity index (χ4v) is 3.33. The highest BCUT2D eigenvalue weighted by Gasteiger charge is 2.60. The van der Waals surface area contributed by atoms with Gasteiger partial charge >= 0.3 is 0 Å². The van der Waals surface area contributed by atoms with E-state index < -0.39 is 0 Å². The Bertz CT molecular complexity index is 357. The van der Waals surface area contributed by atoms with E-state index in [2.05, 4.69) is 26.1 Å². The highest BCUT2D eigenvalue weighted by Crippen LogP contribution is 2.44. The van der Waals surface area contributed by atoms with E-state index in [4.69, 9.17) is 4.74 Å². The van der Waals surface area contributed by atoms with Crippen LogP contribution in [-0.4, -0.2) is 41.3 Å². The highest BCUT2D eigenvalue weighted by molar-refractivity contribution is 5.91. The molecule has 2 saturated heterocycles. The van der Waals surface area contributed by atoms with Gasteiger partial charge in [0, 0.05) is 6.61 Å². The van der Waals surface area contributed by atoms with Gasteiger partial charge in [0.15, 0.2) is 0 Å². The molecule has 2 atom stereocenters. The molecule has 2 aliphatic heterocycles. The normalized spacial score (nSPS) is 38.1. The summed E-state index contributed by atoms with van der Waals surface area (Å²) in [5, 5.41) is 3.55. The molecule has 0 radical (unpaired) electrons. The van der Waals surface area contributed by atoms with Crippen molar-refractivity contribution >= 4 is 5.91 Å². The largest absolute Gasteiger partial charge is 0.373 e. The first kappa shape index (κ1) is 12.4. The molecule has 3 fully saturated rings. The molecule has 0 bridgehead atoms.